The van der Waals surface area contributed by atoms with Crippen LogP contribution in [-0.4, -0.2) is 39.0 Å². The van der Waals surface area contributed by atoms with E-state index < -0.39 is 0 Å². The molecule has 80 valence electrons. The van der Waals surface area contributed by atoms with E-state index in [1.807, 2.05) is 0 Å². The lowest BCUT2D eigenvalue weighted by atomic mass is 10.2. The van der Waals surface area contributed by atoms with Crippen LogP contribution in [0.2, 0.25) is 0 Å². The second kappa shape index (κ2) is 5.78. The molecule has 0 aromatic carbocycles. The molecule has 4 heteroatoms. The van der Waals surface area contributed by atoms with Crippen molar-refractivity contribution < 1.29 is 19.0 Å². The molecule has 0 radical (unpaired) electrons. The highest BCUT2D eigenvalue weighted by molar-refractivity contribution is 5.87. The molecule has 4 nitrogen and oxygen atoms in total. The van der Waals surface area contributed by atoms with Gasteiger partial charge >= 0.3 is 5.97 Å². The van der Waals surface area contributed by atoms with Crippen LogP contribution in [0.3, 0.4) is 0 Å². The molecule has 1 atom stereocenters. The number of hydrogen-bond acceptors (Lipinski definition) is 4. The Balaban J connectivity index is 1.91. The van der Waals surface area contributed by atoms with Gasteiger partial charge in [0.05, 0.1) is 20.3 Å². The fourth-order valence-corrected chi connectivity index (χ4v) is 1.01. The van der Waals surface area contributed by atoms with Crippen molar-refractivity contribution in [2.24, 2.45) is 0 Å². The molecule has 0 aromatic rings. The van der Waals surface area contributed by atoms with E-state index in [0.717, 1.165) is 13.0 Å². The van der Waals surface area contributed by atoms with Crippen molar-refractivity contribution in [3.8, 4) is 0 Å². The molecule has 14 heavy (non-hydrogen) atoms. The van der Waals surface area contributed by atoms with Gasteiger partial charge in [-0.15, -0.1) is 0 Å². The summed E-state index contributed by atoms with van der Waals surface area (Å²) in [5, 5.41) is 0. The minimum absolute atomic E-state index is 0.304. The quantitative estimate of drug-likeness (QED) is 0.265. The van der Waals surface area contributed by atoms with Crippen molar-refractivity contribution in [2.45, 2.75) is 18.9 Å². The van der Waals surface area contributed by atoms with Gasteiger partial charge in [-0.05, 0) is 12.8 Å². The van der Waals surface area contributed by atoms with Crippen molar-refractivity contribution in [1.82, 2.24) is 0 Å². The number of epoxide rings is 1. The molecule has 0 aromatic heterocycles. The highest BCUT2D eigenvalue weighted by Crippen LogP contribution is 2.09. The number of carbonyl (C=O) groups excluding carboxylic acids is 1. The Morgan fingerprint density at radius 2 is 2.36 bits per heavy atom. The fraction of sp³-hybridized carbons (Fsp3) is 0.700. The van der Waals surface area contributed by atoms with E-state index in [-0.39, 0.29) is 5.97 Å². The summed E-state index contributed by atoms with van der Waals surface area (Å²) in [5.41, 5.74) is 0.499. The summed E-state index contributed by atoms with van der Waals surface area (Å²) in [4.78, 5) is 10.9. The van der Waals surface area contributed by atoms with Gasteiger partial charge in [-0.3, -0.25) is 0 Å². The summed E-state index contributed by atoms with van der Waals surface area (Å²) in [7, 11) is 1.36. The van der Waals surface area contributed by atoms with E-state index in [0.29, 0.717) is 31.3 Å². The van der Waals surface area contributed by atoms with Crippen LogP contribution >= 0.6 is 0 Å². The molecule has 1 rings (SSSR count). The summed E-state index contributed by atoms with van der Waals surface area (Å²) in [6, 6.07) is 0. The lowest BCUT2D eigenvalue weighted by Gasteiger charge is -2.03. The largest absolute Gasteiger partial charge is 0.466 e. The van der Waals surface area contributed by atoms with E-state index in [9.17, 15) is 4.79 Å². The SMILES string of the molecule is C=C(CCCOCC1CO1)C(=O)OC. The maximum atomic E-state index is 10.9. The van der Waals surface area contributed by atoms with Crippen molar-refractivity contribution in [1.29, 1.82) is 0 Å². The van der Waals surface area contributed by atoms with E-state index in [4.69, 9.17) is 9.47 Å². The summed E-state index contributed by atoms with van der Waals surface area (Å²) in [5.74, 6) is -0.337. The van der Waals surface area contributed by atoms with E-state index in [1.165, 1.54) is 7.11 Å². The average Bonchev–Trinajstić information content (AvgIpc) is 2.99. The maximum absolute atomic E-state index is 10.9. The first-order chi connectivity index (χ1) is 6.74. The maximum Gasteiger partial charge on any atom is 0.333 e. The Hall–Kier alpha value is -0.870. The zero-order valence-electron chi connectivity index (χ0n) is 8.45. The molecule has 1 heterocycles. The Bertz CT molecular complexity index is 208. The third kappa shape index (κ3) is 4.39. The van der Waals surface area contributed by atoms with Gasteiger partial charge in [0.2, 0.25) is 0 Å². The van der Waals surface area contributed by atoms with Gasteiger partial charge in [0.1, 0.15) is 6.10 Å². The van der Waals surface area contributed by atoms with Crippen LogP contribution in [0.5, 0.6) is 0 Å². The van der Waals surface area contributed by atoms with Crippen LogP contribution in [0.1, 0.15) is 12.8 Å². The summed E-state index contributed by atoms with van der Waals surface area (Å²) < 4.78 is 14.8. The third-order valence-corrected chi connectivity index (χ3v) is 1.95. The van der Waals surface area contributed by atoms with E-state index in [2.05, 4.69) is 11.3 Å². The first-order valence-electron chi connectivity index (χ1n) is 4.69. The first kappa shape index (κ1) is 11.2. The van der Waals surface area contributed by atoms with Crippen molar-refractivity contribution in [2.75, 3.05) is 26.9 Å². The molecule has 0 spiro atoms. The molecule has 0 N–H and O–H groups in total. The van der Waals surface area contributed by atoms with Gasteiger partial charge in [-0.25, -0.2) is 4.79 Å². The second-order valence-corrected chi connectivity index (χ2v) is 3.23. The smallest absolute Gasteiger partial charge is 0.333 e. The second-order valence-electron chi connectivity index (χ2n) is 3.23. The number of methoxy groups -OCH3 is 1. The predicted molar refractivity (Wildman–Crippen MR) is 50.9 cm³/mol. The normalized spacial score (nSPS) is 19.1. The first-order valence-corrected chi connectivity index (χ1v) is 4.69. The molecule has 1 unspecified atom stereocenters. The molecular weight excluding hydrogens is 184 g/mol. The number of rotatable bonds is 7. The summed E-state index contributed by atoms with van der Waals surface area (Å²) in [6.07, 6.45) is 1.72. The lowest BCUT2D eigenvalue weighted by Crippen LogP contribution is -2.06. The summed E-state index contributed by atoms with van der Waals surface area (Å²) in [6.45, 7) is 5.72. The molecule has 0 bridgehead atoms. The average molecular weight is 200 g/mol. The minimum atomic E-state index is -0.337. The van der Waals surface area contributed by atoms with Gasteiger partial charge in [0, 0.05) is 12.2 Å². The molecular formula is C10H16O4. The Morgan fingerprint density at radius 3 is 2.93 bits per heavy atom. The number of hydrogen-bond donors (Lipinski definition) is 0. The number of esters is 1. The Kier molecular flexibility index (Phi) is 4.62. The molecule has 1 fully saturated rings. The predicted octanol–water partition coefficient (Wildman–Crippen LogP) is 0.911. The molecule has 0 amide bonds. The van der Waals surface area contributed by atoms with Crippen molar-refractivity contribution >= 4 is 5.97 Å². The third-order valence-electron chi connectivity index (χ3n) is 1.95. The zero-order chi connectivity index (χ0) is 10.4. The number of carbonyl (C=O) groups is 1. The van der Waals surface area contributed by atoms with Crippen molar-refractivity contribution in [3.05, 3.63) is 12.2 Å². The molecule has 1 saturated heterocycles. The topological polar surface area (TPSA) is 48.1 Å². The molecule has 1 aliphatic heterocycles. The molecule has 0 saturated carbocycles. The fourth-order valence-electron chi connectivity index (χ4n) is 1.01. The van der Waals surface area contributed by atoms with Crippen LogP contribution in [0, 0.1) is 0 Å². The summed E-state index contributed by atoms with van der Waals surface area (Å²) >= 11 is 0. The van der Waals surface area contributed by atoms with Gasteiger partial charge in [0.15, 0.2) is 0 Å². The van der Waals surface area contributed by atoms with Crippen LogP contribution in [0.15, 0.2) is 12.2 Å². The van der Waals surface area contributed by atoms with Gasteiger partial charge < -0.3 is 14.2 Å². The minimum Gasteiger partial charge on any atom is -0.466 e. The molecule has 0 aliphatic carbocycles. The van der Waals surface area contributed by atoms with Gasteiger partial charge in [-0.2, -0.15) is 0 Å². The monoisotopic (exact) mass is 200 g/mol. The lowest BCUT2D eigenvalue weighted by molar-refractivity contribution is -0.136. The standard InChI is InChI=1S/C10H16O4/c1-8(10(11)12-2)4-3-5-13-6-9-7-14-9/h9H,1,3-7H2,2H3. The number of ether oxygens (including phenoxy) is 3. The van der Waals surface area contributed by atoms with Crippen LogP contribution in [0.4, 0.5) is 0 Å². The Labute approximate surface area is 83.8 Å². The highest BCUT2D eigenvalue weighted by atomic mass is 16.6. The van der Waals surface area contributed by atoms with E-state index in [1.54, 1.807) is 0 Å². The van der Waals surface area contributed by atoms with Crippen LogP contribution < -0.4 is 0 Å². The van der Waals surface area contributed by atoms with Crippen molar-refractivity contribution in [3.63, 3.8) is 0 Å². The zero-order valence-corrected chi connectivity index (χ0v) is 8.45. The van der Waals surface area contributed by atoms with Crippen LogP contribution in [0.25, 0.3) is 0 Å². The van der Waals surface area contributed by atoms with Crippen LogP contribution in [-0.2, 0) is 19.0 Å². The van der Waals surface area contributed by atoms with Gasteiger partial charge in [-0.1, -0.05) is 6.58 Å². The van der Waals surface area contributed by atoms with Gasteiger partial charge in [0.25, 0.3) is 0 Å². The molecule has 1 aliphatic rings. The Morgan fingerprint density at radius 1 is 1.64 bits per heavy atom. The van der Waals surface area contributed by atoms with E-state index >= 15 is 0 Å². The highest BCUT2D eigenvalue weighted by Gasteiger charge is 2.21.